The molecule has 0 rings (SSSR count). The molecule has 0 aromatic heterocycles. The molecule has 3 heteroatoms. The minimum absolute atomic E-state index is 0.161. The highest BCUT2D eigenvalue weighted by molar-refractivity contribution is 4.34. The molecule has 0 bridgehead atoms. The highest BCUT2D eigenvalue weighted by Gasteiger charge is 2.02. The van der Waals surface area contributed by atoms with Crippen LogP contribution in [0, 0.1) is 0 Å². The lowest BCUT2D eigenvalue weighted by Crippen LogP contribution is -2.20. The molecule has 1 unspecified atom stereocenters. The normalized spacial score (nSPS) is 13.5. The molecule has 0 aliphatic carbocycles. The lowest BCUT2D eigenvalue weighted by Gasteiger charge is -2.11. The Hall–Kier alpha value is -0.120. The van der Waals surface area contributed by atoms with Crippen molar-refractivity contribution in [3.63, 3.8) is 0 Å². The molecule has 0 saturated heterocycles. The minimum Gasteiger partial charge on any atom is -0.354 e. The maximum Gasteiger partial charge on any atom is 0.178 e. The van der Waals surface area contributed by atoms with Crippen LogP contribution >= 0.6 is 0 Å². The van der Waals surface area contributed by atoms with E-state index < -0.39 is 0 Å². The summed E-state index contributed by atoms with van der Waals surface area (Å²) in [5, 5.41) is 0. The maximum absolute atomic E-state index is 4.98. The molecule has 10 heavy (non-hydrogen) atoms. The SMILES string of the molecule is CCC[N]OC(CC)OC. The molecule has 0 aliphatic heterocycles. The van der Waals surface area contributed by atoms with Crippen molar-refractivity contribution >= 4 is 0 Å². The van der Waals surface area contributed by atoms with Crippen LogP contribution in [0.5, 0.6) is 0 Å². The summed E-state index contributed by atoms with van der Waals surface area (Å²) in [7, 11) is 1.62. The molecule has 3 nitrogen and oxygen atoms in total. The van der Waals surface area contributed by atoms with E-state index >= 15 is 0 Å². The first kappa shape index (κ1) is 9.88. The van der Waals surface area contributed by atoms with Gasteiger partial charge in [0.05, 0.1) is 0 Å². The van der Waals surface area contributed by atoms with Crippen molar-refractivity contribution in [2.75, 3.05) is 13.7 Å². The lowest BCUT2D eigenvalue weighted by molar-refractivity contribution is -0.169. The van der Waals surface area contributed by atoms with Gasteiger partial charge in [-0.2, -0.15) is 0 Å². The monoisotopic (exact) mass is 146 g/mol. The van der Waals surface area contributed by atoms with Gasteiger partial charge in [-0.05, 0) is 12.8 Å². The summed E-state index contributed by atoms with van der Waals surface area (Å²) in [5.74, 6) is 0. The summed E-state index contributed by atoms with van der Waals surface area (Å²) in [6, 6.07) is 0. The van der Waals surface area contributed by atoms with Crippen LogP contribution in [-0.4, -0.2) is 19.9 Å². The van der Waals surface area contributed by atoms with E-state index in [4.69, 9.17) is 9.57 Å². The first-order valence-electron chi connectivity index (χ1n) is 3.70. The van der Waals surface area contributed by atoms with E-state index in [2.05, 4.69) is 12.4 Å². The van der Waals surface area contributed by atoms with Gasteiger partial charge in [0.2, 0.25) is 0 Å². The van der Waals surface area contributed by atoms with Gasteiger partial charge < -0.3 is 4.74 Å². The molecule has 0 heterocycles. The number of rotatable bonds is 6. The quantitative estimate of drug-likeness (QED) is 0.321. The third-order valence-electron chi connectivity index (χ3n) is 1.10. The van der Waals surface area contributed by atoms with Gasteiger partial charge in [-0.25, -0.2) is 0 Å². The summed E-state index contributed by atoms with van der Waals surface area (Å²) < 4.78 is 4.93. The zero-order valence-corrected chi connectivity index (χ0v) is 6.96. The molecular weight excluding hydrogens is 130 g/mol. The fraction of sp³-hybridized carbons (Fsp3) is 1.00. The zero-order chi connectivity index (χ0) is 7.82. The molecular formula is C7H16NO2. The van der Waals surface area contributed by atoms with Crippen LogP contribution in [0.2, 0.25) is 0 Å². The van der Waals surface area contributed by atoms with Crippen LogP contribution in [0.3, 0.4) is 0 Å². The highest BCUT2D eigenvalue weighted by Crippen LogP contribution is 1.95. The van der Waals surface area contributed by atoms with E-state index in [-0.39, 0.29) is 6.29 Å². The minimum atomic E-state index is -0.161. The average Bonchev–Trinajstić information content (AvgIpc) is 1.99. The number of hydroxylamine groups is 1. The molecule has 0 aromatic rings. The molecule has 61 valence electrons. The fourth-order valence-corrected chi connectivity index (χ4v) is 0.511. The Balaban J connectivity index is 3.09. The van der Waals surface area contributed by atoms with Crippen LogP contribution in [0.25, 0.3) is 0 Å². The van der Waals surface area contributed by atoms with Crippen molar-refractivity contribution < 1.29 is 9.57 Å². The Morgan fingerprint density at radius 1 is 1.40 bits per heavy atom. The number of ether oxygens (including phenoxy) is 1. The lowest BCUT2D eigenvalue weighted by atomic mass is 10.5. The fourth-order valence-electron chi connectivity index (χ4n) is 0.511. The van der Waals surface area contributed by atoms with Gasteiger partial charge in [0.25, 0.3) is 0 Å². The number of nitrogens with zero attached hydrogens (tertiary/aromatic N) is 1. The molecule has 0 spiro atoms. The van der Waals surface area contributed by atoms with E-state index in [1.165, 1.54) is 0 Å². The Bertz CT molecular complexity index is 64.6. The van der Waals surface area contributed by atoms with E-state index in [1.807, 2.05) is 6.92 Å². The van der Waals surface area contributed by atoms with Gasteiger partial charge in [0.1, 0.15) is 0 Å². The molecule has 0 saturated carbocycles. The van der Waals surface area contributed by atoms with Crippen LogP contribution in [0.4, 0.5) is 0 Å². The summed E-state index contributed by atoms with van der Waals surface area (Å²) in [6.07, 6.45) is 1.69. The summed E-state index contributed by atoms with van der Waals surface area (Å²) in [6.45, 7) is 4.80. The van der Waals surface area contributed by atoms with Crippen LogP contribution in [0.15, 0.2) is 0 Å². The summed E-state index contributed by atoms with van der Waals surface area (Å²) in [4.78, 5) is 4.98. The predicted octanol–water partition coefficient (Wildman–Crippen LogP) is 1.31. The second-order valence-electron chi connectivity index (χ2n) is 2.03. The Morgan fingerprint density at radius 2 is 2.10 bits per heavy atom. The van der Waals surface area contributed by atoms with Gasteiger partial charge in [0.15, 0.2) is 6.29 Å². The topological polar surface area (TPSA) is 32.6 Å². The van der Waals surface area contributed by atoms with Crippen molar-refractivity contribution in [1.82, 2.24) is 5.48 Å². The third-order valence-corrected chi connectivity index (χ3v) is 1.10. The van der Waals surface area contributed by atoms with Gasteiger partial charge in [0, 0.05) is 13.7 Å². The number of hydrogen-bond acceptors (Lipinski definition) is 2. The second-order valence-corrected chi connectivity index (χ2v) is 2.03. The molecule has 1 radical (unpaired) electrons. The summed E-state index contributed by atoms with van der Waals surface area (Å²) >= 11 is 0. The van der Waals surface area contributed by atoms with E-state index in [1.54, 1.807) is 7.11 Å². The molecule has 0 fully saturated rings. The van der Waals surface area contributed by atoms with Crippen molar-refractivity contribution in [3.8, 4) is 0 Å². The van der Waals surface area contributed by atoms with E-state index in [0.717, 1.165) is 19.4 Å². The number of hydrogen-bond donors (Lipinski definition) is 0. The molecule has 0 aromatic carbocycles. The molecule has 0 N–H and O–H groups in total. The molecule has 0 aliphatic rings. The molecule has 0 amide bonds. The highest BCUT2D eigenvalue weighted by atomic mass is 16.8. The van der Waals surface area contributed by atoms with Crippen molar-refractivity contribution in [1.29, 1.82) is 0 Å². The standard InChI is InChI=1S/C7H16NO2/c1-4-6-8-10-7(5-2)9-3/h7H,4-6H2,1-3H3. The average molecular weight is 146 g/mol. The Labute approximate surface area is 62.7 Å². The first-order chi connectivity index (χ1) is 4.85. The van der Waals surface area contributed by atoms with Crippen molar-refractivity contribution in [2.45, 2.75) is 33.0 Å². The second kappa shape index (κ2) is 6.99. The van der Waals surface area contributed by atoms with Crippen LogP contribution in [-0.2, 0) is 9.57 Å². The number of methoxy groups -OCH3 is 1. The maximum atomic E-state index is 4.98. The summed E-state index contributed by atoms with van der Waals surface area (Å²) in [5.41, 5.74) is 3.81. The van der Waals surface area contributed by atoms with E-state index in [9.17, 15) is 0 Å². The van der Waals surface area contributed by atoms with Crippen molar-refractivity contribution in [3.05, 3.63) is 0 Å². The predicted molar refractivity (Wildman–Crippen MR) is 39.5 cm³/mol. The van der Waals surface area contributed by atoms with Crippen molar-refractivity contribution in [2.24, 2.45) is 0 Å². The van der Waals surface area contributed by atoms with Crippen LogP contribution < -0.4 is 5.48 Å². The van der Waals surface area contributed by atoms with Gasteiger partial charge >= 0.3 is 0 Å². The largest absolute Gasteiger partial charge is 0.354 e. The van der Waals surface area contributed by atoms with Gasteiger partial charge in [-0.1, -0.05) is 19.3 Å². The Morgan fingerprint density at radius 3 is 2.50 bits per heavy atom. The smallest absolute Gasteiger partial charge is 0.178 e. The first-order valence-corrected chi connectivity index (χ1v) is 3.70. The van der Waals surface area contributed by atoms with Gasteiger partial charge in [-0.15, -0.1) is 0 Å². The van der Waals surface area contributed by atoms with E-state index in [0.29, 0.717) is 0 Å². The third kappa shape index (κ3) is 4.73. The Kier molecular flexibility index (Phi) is 6.91. The van der Waals surface area contributed by atoms with Gasteiger partial charge in [-0.3, -0.25) is 4.84 Å². The zero-order valence-electron chi connectivity index (χ0n) is 6.96. The van der Waals surface area contributed by atoms with Crippen LogP contribution in [0.1, 0.15) is 26.7 Å². The molecule has 1 atom stereocenters.